The van der Waals surface area contributed by atoms with E-state index in [0.717, 1.165) is 11.3 Å². The van der Waals surface area contributed by atoms with Crippen LogP contribution in [0.2, 0.25) is 5.02 Å². The lowest BCUT2D eigenvalue weighted by Gasteiger charge is -2.33. The zero-order valence-electron chi connectivity index (χ0n) is 13.5. The summed E-state index contributed by atoms with van der Waals surface area (Å²) in [6.07, 6.45) is 4.34. The van der Waals surface area contributed by atoms with E-state index in [4.69, 9.17) is 11.6 Å². The molecule has 1 aromatic carbocycles. The van der Waals surface area contributed by atoms with Crippen molar-refractivity contribution in [2.24, 2.45) is 7.05 Å². The number of nitrogens with one attached hydrogen (secondary N) is 2. The summed E-state index contributed by atoms with van der Waals surface area (Å²) in [5.74, 6) is -0.223. The second kappa shape index (κ2) is 6.65. The van der Waals surface area contributed by atoms with E-state index in [9.17, 15) is 9.59 Å². The Labute approximate surface area is 145 Å². The lowest BCUT2D eigenvalue weighted by molar-refractivity contribution is -0.123. The molecular formula is C17H19ClN4O2. The van der Waals surface area contributed by atoms with Crippen molar-refractivity contribution in [3.05, 3.63) is 52.6 Å². The summed E-state index contributed by atoms with van der Waals surface area (Å²) in [5, 5.41) is 6.50. The number of aromatic nitrogens is 2. The van der Waals surface area contributed by atoms with Gasteiger partial charge in [-0.2, -0.15) is 0 Å². The Hall–Kier alpha value is -2.34. The van der Waals surface area contributed by atoms with Crippen molar-refractivity contribution in [2.45, 2.75) is 31.8 Å². The smallest absolute Gasteiger partial charge is 0.251 e. The average molecular weight is 347 g/mol. The Balaban J connectivity index is 1.82. The van der Waals surface area contributed by atoms with E-state index in [1.807, 2.05) is 18.5 Å². The molecule has 0 unspecified atom stereocenters. The first kappa shape index (κ1) is 16.5. The molecule has 2 aromatic rings. The normalized spacial score (nSPS) is 20.5. The Morgan fingerprint density at radius 2 is 2.21 bits per heavy atom. The molecule has 1 saturated heterocycles. The summed E-state index contributed by atoms with van der Waals surface area (Å²) in [7, 11) is 1.86. The summed E-state index contributed by atoms with van der Waals surface area (Å²) in [4.78, 5) is 28.5. The Bertz CT molecular complexity index is 766. The Kier molecular flexibility index (Phi) is 4.57. The molecule has 3 rings (SSSR count). The second-order valence-electron chi connectivity index (χ2n) is 6.11. The van der Waals surface area contributed by atoms with Crippen molar-refractivity contribution >= 4 is 23.4 Å². The molecule has 0 spiro atoms. The largest absolute Gasteiger partial charge is 0.347 e. The highest BCUT2D eigenvalue weighted by Crippen LogP contribution is 2.24. The Morgan fingerprint density at radius 1 is 1.42 bits per heavy atom. The molecule has 0 bridgehead atoms. The van der Waals surface area contributed by atoms with Crippen LogP contribution < -0.4 is 10.6 Å². The second-order valence-corrected chi connectivity index (χ2v) is 6.55. The number of rotatable bonds is 3. The van der Waals surface area contributed by atoms with Gasteiger partial charge in [-0.3, -0.25) is 9.59 Å². The number of nitrogens with zero attached hydrogens (tertiary/aromatic N) is 2. The maximum Gasteiger partial charge on any atom is 0.251 e. The molecule has 2 heterocycles. The van der Waals surface area contributed by atoms with E-state index in [1.165, 1.54) is 0 Å². The fourth-order valence-corrected chi connectivity index (χ4v) is 3.31. The molecule has 1 aliphatic heterocycles. The van der Waals surface area contributed by atoms with Crippen LogP contribution in [0.4, 0.5) is 0 Å². The topological polar surface area (TPSA) is 76.0 Å². The number of imidazole rings is 1. The van der Waals surface area contributed by atoms with Crippen molar-refractivity contribution in [1.29, 1.82) is 0 Å². The van der Waals surface area contributed by atoms with Crippen LogP contribution >= 0.6 is 11.6 Å². The molecule has 2 amide bonds. The van der Waals surface area contributed by atoms with Gasteiger partial charge in [0.15, 0.2) is 0 Å². The van der Waals surface area contributed by atoms with Crippen molar-refractivity contribution in [2.75, 3.05) is 0 Å². The van der Waals surface area contributed by atoms with Gasteiger partial charge < -0.3 is 15.2 Å². The van der Waals surface area contributed by atoms with Crippen molar-refractivity contribution in [1.82, 2.24) is 20.2 Å². The summed E-state index contributed by atoms with van der Waals surface area (Å²) in [5.41, 5.74) is 2.30. The molecule has 2 atom stereocenters. The van der Waals surface area contributed by atoms with Gasteiger partial charge in [-0.25, -0.2) is 4.98 Å². The van der Waals surface area contributed by atoms with E-state index in [0.29, 0.717) is 23.4 Å². The minimum Gasteiger partial charge on any atom is -0.347 e. The molecule has 24 heavy (non-hydrogen) atoms. The fourth-order valence-electron chi connectivity index (χ4n) is 3.02. The molecule has 6 nitrogen and oxygen atoms in total. The van der Waals surface area contributed by atoms with Gasteiger partial charge in [-0.1, -0.05) is 11.6 Å². The zero-order chi connectivity index (χ0) is 17.3. The molecule has 0 aliphatic carbocycles. The fraction of sp³-hybridized carbons (Fsp3) is 0.353. The van der Waals surface area contributed by atoms with Crippen molar-refractivity contribution < 1.29 is 9.59 Å². The predicted octanol–water partition coefficient (Wildman–Crippen LogP) is 2.13. The van der Waals surface area contributed by atoms with Crippen molar-refractivity contribution in [3.8, 4) is 0 Å². The number of amides is 2. The summed E-state index contributed by atoms with van der Waals surface area (Å²) in [6.45, 7) is 1.89. The number of carbonyl (C=O) groups is 2. The lowest BCUT2D eigenvalue weighted by atomic mass is 9.95. The number of piperidine rings is 1. The van der Waals surface area contributed by atoms with E-state index < -0.39 is 0 Å². The van der Waals surface area contributed by atoms with Crippen LogP contribution in [-0.2, 0) is 11.8 Å². The molecule has 126 valence electrons. The van der Waals surface area contributed by atoms with Gasteiger partial charge in [0.05, 0.1) is 30.3 Å². The molecule has 7 heteroatoms. The third kappa shape index (κ3) is 3.43. The quantitative estimate of drug-likeness (QED) is 0.894. The van der Waals surface area contributed by atoms with Crippen LogP contribution in [0.5, 0.6) is 0 Å². The molecule has 1 aliphatic rings. The number of halogens is 1. The minimum atomic E-state index is -0.303. The number of hydrogen-bond acceptors (Lipinski definition) is 3. The van der Waals surface area contributed by atoms with Gasteiger partial charge >= 0.3 is 0 Å². The third-order valence-electron chi connectivity index (χ3n) is 4.19. The maximum atomic E-state index is 12.6. The van der Waals surface area contributed by atoms with E-state index >= 15 is 0 Å². The first-order chi connectivity index (χ1) is 11.4. The first-order valence-electron chi connectivity index (χ1n) is 7.77. The predicted molar refractivity (Wildman–Crippen MR) is 90.8 cm³/mol. The standard InChI is InChI=1S/C17H19ClN4O2/c1-10-5-11(7-12(18)6-10)17(24)20-13-3-4-15(23)21-16(13)14-8-19-9-22(14)2/h5-9,13,16H,3-4H2,1-2H3,(H,20,24)(H,21,23)/t13-,16-/m1/s1. The van der Waals surface area contributed by atoms with Crippen LogP contribution in [-0.4, -0.2) is 27.4 Å². The highest BCUT2D eigenvalue weighted by Gasteiger charge is 2.32. The molecule has 0 saturated carbocycles. The number of benzene rings is 1. The van der Waals surface area contributed by atoms with Gasteiger partial charge in [0.1, 0.15) is 0 Å². The number of carbonyl (C=O) groups excluding carboxylic acids is 2. The first-order valence-corrected chi connectivity index (χ1v) is 8.15. The summed E-state index contributed by atoms with van der Waals surface area (Å²) < 4.78 is 1.85. The number of hydrogen-bond donors (Lipinski definition) is 2. The number of aryl methyl sites for hydroxylation is 2. The molecular weight excluding hydrogens is 328 g/mol. The zero-order valence-corrected chi connectivity index (χ0v) is 14.3. The van der Waals surface area contributed by atoms with E-state index in [-0.39, 0.29) is 23.9 Å². The van der Waals surface area contributed by atoms with Crippen LogP contribution in [0.1, 0.15) is 40.5 Å². The average Bonchev–Trinajstić information content (AvgIpc) is 2.94. The van der Waals surface area contributed by atoms with Gasteiger partial charge in [-0.15, -0.1) is 0 Å². The van der Waals surface area contributed by atoms with Crippen LogP contribution in [0.25, 0.3) is 0 Å². The van der Waals surface area contributed by atoms with Gasteiger partial charge in [0.2, 0.25) is 5.91 Å². The summed E-state index contributed by atoms with van der Waals surface area (Å²) >= 11 is 6.04. The maximum absolute atomic E-state index is 12.6. The molecule has 1 aromatic heterocycles. The summed E-state index contributed by atoms with van der Waals surface area (Å²) in [6, 6.07) is 4.73. The molecule has 0 radical (unpaired) electrons. The third-order valence-corrected chi connectivity index (χ3v) is 4.41. The van der Waals surface area contributed by atoms with E-state index in [2.05, 4.69) is 15.6 Å². The van der Waals surface area contributed by atoms with Crippen LogP contribution in [0.3, 0.4) is 0 Å². The molecule has 2 N–H and O–H groups in total. The van der Waals surface area contributed by atoms with Crippen molar-refractivity contribution in [3.63, 3.8) is 0 Å². The van der Waals surface area contributed by atoms with Crippen LogP contribution in [0.15, 0.2) is 30.7 Å². The Morgan fingerprint density at radius 3 is 2.88 bits per heavy atom. The minimum absolute atomic E-state index is 0.0229. The van der Waals surface area contributed by atoms with Gasteiger partial charge in [-0.05, 0) is 37.1 Å². The van der Waals surface area contributed by atoms with E-state index in [1.54, 1.807) is 30.7 Å². The van der Waals surface area contributed by atoms with Gasteiger partial charge in [0.25, 0.3) is 5.91 Å². The van der Waals surface area contributed by atoms with Gasteiger partial charge in [0, 0.05) is 24.1 Å². The van der Waals surface area contributed by atoms with Crippen LogP contribution in [0, 0.1) is 6.92 Å². The molecule has 1 fully saturated rings. The highest BCUT2D eigenvalue weighted by molar-refractivity contribution is 6.31. The lowest BCUT2D eigenvalue weighted by Crippen LogP contribution is -2.50. The highest BCUT2D eigenvalue weighted by atomic mass is 35.5. The SMILES string of the molecule is Cc1cc(Cl)cc(C(=O)N[C@@H]2CCC(=O)N[C@H]2c2cncn2C)c1. The monoisotopic (exact) mass is 346 g/mol.